The first-order chi connectivity index (χ1) is 12.9. The number of rotatable bonds is 10. The number of hydrogen-bond acceptors (Lipinski definition) is 6. The zero-order valence-corrected chi connectivity index (χ0v) is 18.1. The lowest BCUT2D eigenvalue weighted by Gasteiger charge is -2.42. The van der Waals surface area contributed by atoms with Crippen LogP contribution in [0, 0.1) is 0 Å². The maximum atomic E-state index is 4.28. The van der Waals surface area contributed by atoms with Gasteiger partial charge in [0.15, 0.2) is 0 Å². The number of nitrogens with one attached hydrogen (secondary N) is 1. The van der Waals surface area contributed by atoms with Gasteiger partial charge < -0.3 is 5.32 Å². The highest BCUT2D eigenvalue weighted by Gasteiger charge is 2.24. The van der Waals surface area contributed by atoms with E-state index in [0.717, 1.165) is 58.6 Å². The summed E-state index contributed by atoms with van der Waals surface area (Å²) in [6, 6.07) is 0.596. The fourth-order valence-electron chi connectivity index (χ4n) is 3.60. The first-order valence-electron chi connectivity index (χ1n) is 9.67. The first-order valence-corrected chi connectivity index (χ1v) is 10.8. The highest BCUT2D eigenvalue weighted by Crippen LogP contribution is 2.18. The summed E-state index contributed by atoms with van der Waals surface area (Å²) < 4.78 is 0. The van der Waals surface area contributed by atoms with Gasteiger partial charge in [-0.05, 0) is 13.8 Å². The molecule has 27 heavy (non-hydrogen) atoms. The molecule has 0 aliphatic carbocycles. The van der Waals surface area contributed by atoms with Gasteiger partial charge in [0.25, 0.3) is 0 Å². The van der Waals surface area contributed by atoms with Gasteiger partial charge in [-0.2, -0.15) is 11.8 Å². The number of hydrogen-bond donors (Lipinski definition) is 1. The van der Waals surface area contributed by atoms with Gasteiger partial charge in [-0.25, -0.2) is 0 Å². The Balaban J connectivity index is 2.04. The summed E-state index contributed by atoms with van der Waals surface area (Å²) in [4.78, 5) is 9.81. The predicted octanol–water partition coefficient (Wildman–Crippen LogP) is 2.59. The molecular weight excluding hydrogens is 354 g/mol. The normalized spacial score (nSPS) is 21.1. The van der Waals surface area contributed by atoms with E-state index in [9.17, 15) is 0 Å². The van der Waals surface area contributed by atoms with Gasteiger partial charge in [-0.1, -0.05) is 37.0 Å². The molecule has 0 unspecified atom stereocenters. The molecular formula is C21H37N5S. The molecule has 152 valence electrons. The second-order valence-corrected chi connectivity index (χ2v) is 9.17. The van der Waals surface area contributed by atoms with Gasteiger partial charge in [0.2, 0.25) is 0 Å². The van der Waals surface area contributed by atoms with Crippen molar-refractivity contribution < 1.29 is 0 Å². The van der Waals surface area contributed by atoms with Gasteiger partial charge in [-0.3, -0.25) is 19.6 Å². The summed E-state index contributed by atoms with van der Waals surface area (Å²) >= 11 is 1.99. The lowest BCUT2D eigenvalue weighted by Crippen LogP contribution is -2.56. The Hall–Kier alpha value is -1.05. The third-order valence-electron chi connectivity index (χ3n) is 4.44. The van der Waals surface area contributed by atoms with Crippen molar-refractivity contribution in [1.82, 2.24) is 24.9 Å². The van der Waals surface area contributed by atoms with E-state index in [4.69, 9.17) is 0 Å². The van der Waals surface area contributed by atoms with Crippen LogP contribution in [0.1, 0.15) is 13.8 Å². The van der Waals surface area contributed by atoms with E-state index < -0.39 is 0 Å². The molecule has 0 aromatic rings. The molecule has 0 amide bonds. The molecule has 2 rings (SSSR count). The molecule has 2 heterocycles. The summed E-state index contributed by atoms with van der Waals surface area (Å²) in [5.74, 6) is 2.39. The van der Waals surface area contributed by atoms with Gasteiger partial charge in [0.1, 0.15) is 0 Å². The van der Waals surface area contributed by atoms with Crippen LogP contribution in [0.4, 0.5) is 0 Å². The summed E-state index contributed by atoms with van der Waals surface area (Å²) in [5, 5.41) is 3.58. The molecule has 0 bridgehead atoms. The second kappa shape index (κ2) is 11.1. The molecule has 2 aliphatic rings. The van der Waals surface area contributed by atoms with Crippen molar-refractivity contribution in [2.45, 2.75) is 19.9 Å². The fraction of sp³-hybridized carbons (Fsp3) is 0.619. The molecule has 2 saturated heterocycles. The van der Waals surface area contributed by atoms with Crippen molar-refractivity contribution in [3.63, 3.8) is 0 Å². The minimum Gasteiger partial charge on any atom is -0.383 e. The Kier molecular flexibility index (Phi) is 9.12. The van der Waals surface area contributed by atoms with Crippen LogP contribution in [0.3, 0.4) is 0 Å². The van der Waals surface area contributed by atoms with E-state index in [1.165, 1.54) is 22.7 Å². The molecule has 2 fully saturated rings. The summed E-state index contributed by atoms with van der Waals surface area (Å²) in [5.41, 5.74) is 3.50. The van der Waals surface area contributed by atoms with Crippen LogP contribution >= 0.6 is 11.8 Å². The zero-order valence-electron chi connectivity index (χ0n) is 17.3. The number of thioether (sulfide) groups is 1. The van der Waals surface area contributed by atoms with Gasteiger partial charge in [-0.15, -0.1) is 6.58 Å². The van der Waals surface area contributed by atoms with Crippen LogP contribution in [0.2, 0.25) is 0 Å². The zero-order chi connectivity index (χ0) is 19.8. The van der Waals surface area contributed by atoms with Crippen LogP contribution in [-0.2, 0) is 0 Å². The van der Waals surface area contributed by atoms with Crippen molar-refractivity contribution >= 4 is 11.8 Å². The lowest BCUT2D eigenvalue weighted by atomic mass is 10.3. The maximum Gasteiger partial charge on any atom is 0.0537 e. The SMILES string of the molecule is C=CCN1CN(CC(=C)C)CN(CC(=C)C)CN(CC(=C)NC2CSC2)C1. The van der Waals surface area contributed by atoms with Crippen LogP contribution in [-0.4, -0.2) is 90.0 Å². The summed E-state index contributed by atoms with van der Waals surface area (Å²) in [6.07, 6.45) is 1.99. The second-order valence-electron chi connectivity index (χ2n) is 8.09. The van der Waals surface area contributed by atoms with Gasteiger partial charge >= 0.3 is 0 Å². The molecule has 5 nitrogen and oxygen atoms in total. The standard InChI is InChI=1S/C21H37N5S/c1-7-8-23-14-24(9-18(2)3)16-25(10-19(4)5)17-26(15-23)11-20(6)22-21-12-27-13-21/h7,21-22H,1-2,4,6,8-17H2,3,5H3. The van der Waals surface area contributed by atoms with Gasteiger partial charge in [0, 0.05) is 49.4 Å². The first kappa shape index (κ1) is 22.2. The Labute approximate surface area is 170 Å². The third kappa shape index (κ3) is 8.23. The number of nitrogens with zero attached hydrogens (tertiary/aromatic N) is 4. The van der Waals surface area contributed by atoms with Crippen molar-refractivity contribution in [2.24, 2.45) is 0 Å². The van der Waals surface area contributed by atoms with E-state index in [0.29, 0.717) is 6.04 Å². The molecule has 0 radical (unpaired) electrons. The van der Waals surface area contributed by atoms with Crippen LogP contribution < -0.4 is 5.32 Å². The molecule has 0 atom stereocenters. The molecule has 6 heteroatoms. The highest BCUT2D eigenvalue weighted by atomic mass is 32.2. The monoisotopic (exact) mass is 391 g/mol. The minimum atomic E-state index is 0.596. The molecule has 0 spiro atoms. The topological polar surface area (TPSA) is 25.0 Å². The van der Waals surface area contributed by atoms with E-state index in [2.05, 4.69) is 65.1 Å². The van der Waals surface area contributed by atoms with Crippen molar-refractivity contribution in [1.29, 1.82) is 0 Å². The van der Waals surface area contributed by atoms with E-state index in [-0.39, 0.29) is 0 Å². The Morgan fingerprint density at radius 2 is 1.37 bits per heavy atom. The Morgan fingerprint density at radius 3 is 1.78 bits per heavy atom. The minimum absolute atomic E-state index is 0.596. The summed E-state index contributed by atoms with van der Waals surface area (Å²) in [6.45, 7) is 27.8. The lowest BCUT2D eigenvalue weighted by molar-refractivity contribution is -0.0146. The third-order valence-corrected chi connectivity index (χ3v) is 5.71. The molecule has 0 aromatic carbocycles. The summed E-state index contributed by atoms with van der Waals surface area (Å²) in [7, 11) is 0. The predicted molar refractivity (Wildman–Crippen MR) is 120 cm³/mol. The van der Waals surface area contributed by atoms with Crippen molar-refractivity contribution in [3.8, 4) is 0 Å². The Bertz CT molecular complexity index is 543. The highest BCUT2D eigenvalue weighted by molar-refractivity contribution is 8.00. The maximum absolute atomic E-state index is 4.28. The van der Waals surface area contributed by atoms with Gasteiger partial charge in [0.05, 0.1) is 26.7 Å². The molecule has 1 N–H and O–H groups in total. The van der Waals surface area contributed by atoms with Crippen molar-refractivity contribution in [2.75, 3.05) is 64.4 Å². The van der Waals surface area contributed by atoms with Crippen LogP contribution in [0.15, 0.2) is 49.2 Å². The van der Waals surface area contributed by atoms with E-state index in [1.54, 1.807) is 0 Å². The average Bonchev–Trinajstić information content (AvgIpc) is 2.48. The van der Waals surface area contributed by atoms with Crippen LogP contribution in [0.5, 0.6) is 0 Å². The van der Waals surface area contributed by atoms with E-state index in [1.807, 2.05) is 17.8 Å². The fourth-order valence-corrected chi connectivity index (χ4v) is 4.23. The average molecular weight is 392 g/mol. The Morgan fingerprint density at radius 1 is 0.889 bits per heavy atom. The smallest absolute Gasteiger partial charge is 0.0537 e. The van der Waals surface area contributed by atoms with Crippen LogP contribution in [0.25, 0.3) is 0 Å². The quantitative estimate of drug-likeness (QED) is 0.575. The largest absolute Gasteiger partial charge is 0.383 e. The molecule has 0 aromatic heterocycles. The molecule has 2 aliphatic heterocycles. The van der Waals surface area contributed by atoms with E-state index >= 15 is 0 Å². The van der Waals surface area contributed by atoms with Crippen molar-refractivity contribution in [3.05, 3.63) is 49.2 Å². The molecule has 0 saturated carbocycles.